The molecule has 7 aromatic rings. The molecule has 3 heteroatoms. The van der Waals surface area contributed by atoms with Crippen molar-refractivity contribution in [1.82, 2.24) is 0 Å². The van der Waals surface area contributed by atoms with Crippen LogP contribution in [0.5, 0.6) is 0 Å². The highest BCUT2D eigenvalue weighted by Crippen LogP contribution is 2.34. The van der Waals surface area contributed by atoms with Crippen molar-refractivity contribution in [3.8, 4) is 22.3 Å². The van der Waals surface area contributed by atoms with Crippen molar-refractivity contribution in [2.75, 3.05) is 6.54 Å². The molecule has 0 saturated heterocycles. The summed E-state index contributed by atoms with van der Waals surface area (Å²) in [5, 5.41) is 5.23. The number of fused-ring (bicyclic) bond motifs is 3. The summed E-state index contributed by atoms with van der Waals surface area (Å²) in [6, 6.07) is 53.2. The van der Waals surface area contributed by atoms with E-state index in [4.69, 9.17) is 15.7 Å². The zero-order chi connectivity index (χ0) is 40.3. The number of aryl methyl sites for hydroxylation is 2. The second kappa shape index (κ2) is 18.9. The predicted octanol–water partition coefficient (Wildman–Crippen LogP) is 13.9. The summed E-state index contributed by atoms with van der Waals surface area (Å²) >= 11 is 0. The Hall–Kier alpha value is -6.84. The summed E-state index contributed by atoms with van der Waals surface area (Å²) < 4.78 is 0. The van der Waals surface area contributed by atoms with Crippen LogP contribution in [0.2, 0.25) is 0 Å². The molecule has 7 aromatic carbocycles. The third-order valence-electron chi connectivity index (χ3n) is 10.5. The minimum atomic E-state index is 0.383. The van der Waals surface area contributed by atoms with E-state index in [1.165, 1.54) is 60.5 Å². The number of hydrogen-bond donors (Lipinski definition) is 1. The first-order chi connectivity index (χ1) is 28.3. The van der Waals surface area contributed by atoms with Crippen LogP contribution in [0.1, 0.15) is 48.1 Å². The number of rotatable bonds is 8. The number of nitrogens with two attached hydrogens (primary N) is 1. The van der Waals surface area contributed by atoms with E-state index >= 15 is 0 Å². The lowest BCUT2D eigenvalue weighted by atomic mass is 9.93. The molecule has 1 atom stereocenters. The van der Waals surface area contributed by atoms with Crippen LogP contribution >= 0.6 is 0 Å². The maximum atomic E-state index is 6.36. The fourth-order valence-electron chi connectivity index (χ4n) is 7.17. The molecule has 0 saturated carbocycles. The van der Waals surface area contributed by atoms with Gasteiger partial charge in [0.1, 0.15) is 5.84 Å². The van der Waals surface area contributed by atoms with Gasteiger partial charge < -0.3 is 5.73 Å². The van der Waals surface area contributed by atoms with Crippen LogP contribution in [-0.2, 0) is 0 Å². The molecule has 0 heterocycles. The fourth-order valence-corrected chi connectivity index (χ4v) is 7.17. The summed E-state index contributed by atoms with van der Waals surface area (Å²) in [4.78, 5) is 9.66. The van der Waals surface area contributed by atoms with Crippen LogP contribution in [0.25, 0.3) is 49.9 Å². The lowest BCUT2D eigenvalue weighted by Crippen LogP contribution is -2.17. The summed E-state index contributed by atoms with van der Waals surface area (Å²) in [5.41, 5.74) is 18.1. The Morgan fingerprint density at radius 1 is 0.638 bits per heavy atom. The Morgan fingerprint density at radius 3 is 2.07 bits per heavy atom. The first-order valence-corrected chi connectivity index (χ1v) is 20.1. The van der Waals surface area contributed by atoms with Crippen LogP contribution < -0.4 is 5.73 Å². The minimum absolute atomic E-state index is 0.383. The number of benzene rings is 7. The molecule has 58 heavy (non-hydrogen) atoms. The second-order valence-electron chi connectivity index (χ2n) is 15.0. The van der Waals surface area contributed by atoms with E-state index in [1.54, 1.807) is 0 Å². The average Bonchev–Trinajstić information content (AvgIpc) is 3.28. The number of nitrogens with zero attached hydrogens (tertiary/aromatic N) is 2. The van der Waals surface area contributed by atoms with Gasteiger partial charge in [0.25, 0.3) is 0 Å². The van der Waals surface area contributed by atoms with Gasteiger partial charge in [0.15, 0.2) is 5.84 Å². The monoisotopic (exact) mass is 753 g/mol. The fraction of sp³-hybridized carbons (Fsp3) is 0.127. The average molecular weight is 754 g/mol. The standard InChI is InChI=1S/C28H27N3.C27H24/c1-21-10-8-15-24(18-21)25-16-9-17-26(19-25)28(30-20-22-11-4-2-5-12-22)31-27(29)23-13-6-3-7-14-23;1-4-19(2)10-12-24-17-23-13-11-20(3)16-26(23)25-15-14-22(18-27(24)25)21-8-6-5-7-9-21/h2-11,13-19,22H,12,20H2,1H3,(H2,29,30,31);4-18H,1-3H3/b;12-10-,19-4-. The van der Waals surface area contributed by atoms with Crippen molar-refractivity contribution >= 4 is 39.3 Å². The minimum Gasteiger partial charge on any atom is -0.383 e. The highest BCUT2D eigenvalue weighted by molar-refractivity contribution is 6.12. The summed E-state index contributed by atoms with van der Waals surface area (Å²) in [6.45, 7) is 9.16. The summed E-state index contributed by atoms with van der Waals surface area (Å²) in [7, 11) is 0. The third-order valence-corrected chi connectivity index (χ3v) is 10.5. The zero-order valence-corrected chi connectivity index (χ0v) is 33.9. The molecule has 2 N–H and O–H groups in total. The molecule has 0 aromatic heterocycles. The molecule has 1 aliphatic carbocycles. The maximum Gasteiger partial charge on any atom is 0.157 e. The number of aliphatic imine (C=N–C) groups is 2. The van der Waals surface area contributed by atoms with Gasteiger partial charge in [-0.2, -0.15) is 0 Å². The molecule has 1 unspecified atom stereocenters. The van der Waals surface area contributed by atoms with Gasteiger partial charge in [-0.1, -0.05) is 193 Å². The van der Waals surface area contributed by atoms with Crippen molar-refractivity contribution in [2.24, 2.45) is 21.6 Å². The highest BCUT2D eigenvalue weighted by Gasteiger charge is 2.11. The Morgan fingerprint density at radius 2 is 1.33 bits per heavy atom. The Bertz CT molecular complexity index is 2710. The van der Waals surface area contributed by atoms with Gasteiger partial charge in [-0.05, 0) is 102 Å². The second-order valence-corrected chi connectivity index (χ2v) is 15.0. The van der Waals surface area contributed by atoms with Gasteiger partial charge in [0.2, 0.25) is 0 Å². The van der Waals surface area contributed by atoms with E-state index in [9.17, 15) is 0 Å². The topological polar surface area (TPSA) is 50.7 Å². The molecule has 0 aliphatic heterocycles. The van der Waals surface area contributed by atoms with Crippen LogP contribution in [0.4, 0.5) is 0 Å². The molecule has 0 radical (unpaired) electrons. The molecular weight excluding hydrogens is 703 g/mol. The Balaban J connectivity index is 0.000000178. The van der Waals surface area contributed by atoms with Crippen molar-refractivity contribution in [1.29, 1.82) is 0 Å². The SMILES string of the molecule is C/C=C(C)\C=C/c1cc2ccc(C)cc2c2ccc(-c3ccccc3)cc12.Cc1cccc(-c2cccc(C(N=C(N)c3ccccc3)=NCC3C=CC=CC3)c2)c1. The van der Waals surface area contributed by atoms with E-state index in [2.05, 4.69) is 192 Å². The van der Waals surface area contributed by atoms with Crippen molar-refractivity contribution in [2.45, 2.75) is 34.1 Å². The third kappa shape index (κ3) is 9.93. The van der Waals surface area contributed by atoms with Crippen molar-refractivity contribution < 1.29 is 0 Å². The van der Waals surface area contributed by atoms with E-state index < -0.39 is 0 Å². The zero-order valence-electron chi connectivity index (χ0n) is 33.9. The first kappa shape index (κ1) is 39.4. The quantitative estimate of drug-likeness (QED) is 0.0714. The smallest absolute Gasteiger partial charge is 0.157 e. The van der Waals surface area contributed by atoms with Crippen molar-refractivity contribution in [3.05, 3.63) is 222 Å². The molecule has 3 nitrogen and oxygen atoms in total. The molecular formula is C55H51N3. The van der Waals surface area contributed by atoms with E-state index in [0.717, 1.165) is 23.1 Å². The van der Waals surface area contributed by atoms with Crippen LogP contribution in [-0.4, -0.2) is 18.2 Å². The van der Waals surface area contributed by atoms with E-state index in [1.807, 2.05) is 30.3 Å². The highest BCUT2D eigenvalue weighted by atomic mass is 15.0. The molecule has 0 bridgehead atoms. The number of allylic oxidation sites excluding steroid dienone is 6. The van der Waals surface area contributed by atoms with Gasteiger partial charge in [-0.25, -0.2) is 4.99 Å². The Kier molecular flexibility index (Phi) is 12.8. The first-order valence-electron chi connectivity index (χ1n) is 20.1. The van der Waals surface area contributed by atoms with Gasteiger partial charge in [0.05, 0.1) is 0 Å². The normalized spacial score (nSPS) is 14.6. The van der Waals surface area contributed by atoms with Gasteiger partial charge in [-0.3, -0.25) is 4.99 Å². The molecule has 8 rings (SSSR count). The van der Waals surface area contributed by atoms with Crippen molar-refractivity contribution in [3.63, 3.8) is 0 Å². The number of hydrogen-bond acceptors (Lipinski definition) is 1. The van der Waals surface area contributed by atoms with E-state index in [-0.39, 0.29) is 0 Å². The molecule has 0 amide bonds. The molecule has 1 aliphatic rings. The van der Waals surface area contributed by atoms with Gasteiger partial charge >= 0.3 is 0 Å². The number of amidine groups is 2. The maximum absolute atomic E-state index is 6.36. The summed E-state index contributed by atoms with van der Waals surface area (Å²) in [5.74, 6) is 1.52. The molecule has 286 valence electrons. The molecule has 0 fully saturated rings. The van der Waals surface area contributed by atoms with Crippen LogP contribution in [0.15, 0.2) is 204 Å². The van der Waals surface area contributed by atoms with E-state index in [0.29, 0.717) is 24.1 Å². The Labute approximate surface area is 344 Å². The largest absolute Gasteiger partial charge is 0.383 e. The van der Waals surface area contributed by atoms with Gasteiger partial charge in [0, 0.05) is 23.6 Å². The van der Waals surface area contributed by atoms with Crippen LogP contribution in [0.3, 0.4) is 0 Å². The van der Waals surface area contributed by atoms with Gasteiger partial charge in [-0.15, -0.1) is 0 Å². The van der Waals surface area contributed by atoms with Crippen LogP contribution in [0, 0.1) is 19.8 Å². The predicted molar refractivity (Wildman–Crippen MR) is 252 cm³/mol. The lowest BCUT2D eigenvalue weighted by Gasteiger charge is -2.12. The summed E-state index contributed by atoms with van der Waals surface area (Å²) in [6.07, 6.45) is 16.1. The molecule has 0 spiro atoms. The lowest BCUT2D eigenvalue weighted by molar-refractivity contribution is 0.670.